The van der Waals surface area contributed by atoms with Gasteiger partial charge in [0, 0.05) is 0 Å². The zero-order valence-electron chi connectivity index (χ0n) is 25.5. The lowest BCUT2D eigenvalue weighted by atomic mass is 10.2. The van der Waals surface area contributed by atoms with Gasteiger partial charge in [-0.05, 0) is 59.2 Å². The molecule has 6 rings (SSSR count). The van der Waals surface area contributed by atoms with Gasteiger partial charge in [-0.15, -0.1) is 11.3 Å². The molecule has 0 aliphatic carbocycles. The fraction of sp³-hybridized carbons (Fsp3) is 0.0513. The second kappa shape index (κ2) is 14.9. The van der Waals surface area contributed by atoms with Crippen LogP contribution in [0.2, 0.25) is 0 Å². The van der Waals surface area contributed by atoms with Crippen molar-refractivity contribution in [3.8, 4) is 23.3 Å². The molecule has 0 radical (unpaired) electrons. The summed E-state index contributed by atoms with van der Waals surface area (Å²) >= 11 is 0.988. The lowest BCUT2D eigenvalue weighted by Crippen LogP contribution is -2.32. The number of amides is 1. The highest BCUT2D eigenvalue weighted by molar-refractivity contribution is 7.07. The van der Waals surface area contributed by atoms with E-state index >= 15 is 0 Å². The van der Waals surface area contributed by atoms with E-state index in [1.165, 1.54) is 22.8 Å². The molecule has 0 spiro atoms. The number of benzene rings is 5. The highest BCUT2D eigenvalue weighted by Crippen LogP contribution is 2.30. The maximum Gasteiger partial charge on any atom is 0.273 e. The third-order valence-corrected chi connectivity index (χ3v) is 8.35. The predicted octanol–water partition coefficient (Wildman–Crippen LogP) is 6.34. The van der Waals surface area contributed by atoms with Crippen LogP contribution in [-0.2, 0) is 18.0 Å². The van der Waals surface area contributed by atoms with Gasteiger partial charge in [-0.2, -0.15) is 5.26 Å². The number of thiazole rings is 1. The Labute approximate surface area is 279 Å². The third-order valence-electron chi connectivity index (χ3n) is 7.25. The van der Waals surface area contributed by atoms with Crippen LogP contribution in [0, 0.1) is 17.1 Å². The van der Waals surface area contributed by atoms with Crippen LogP contribution in [0.15, 0.2) is 138 Å². The topological polar surface area (TPSA) is 93.4 Å². The molecule has 1 N–H and O–H groups in total. The number of carbonyl (C=O) groups excluding carboxylic acids is 1. The van der Waals surface area contributed by atoms with Crippen molar-refractivity contribution in [3.05, 3.63) is 176 Å². The van der Waals surface area contributed by atoms with Crippen LogP contribution >= 0.6 is 11.3 Å². The molecule has 6 aromatic rings. The maximum atomic E-state index is 14.3. The first kappa shape index (κ1) is 31.7. The molecule has 1 heterocycles. The zero-order chi connectivity index (χ0) is 33.3. The second-order valence-corrected chi connectivity index (χ2v) is 11.6. The Bertz CT molecular complexity index is 2280. The van der Waals surface area contributed by atoms with Crippen molar-refractivity contribution in [2.45, 2.75) is 13.2 Å². The van der Waals surface area contributed by atoms with Gasteiger partial charge in [0.1, 0.15) is 29.8 Å². The van der Waals surface area contributed by atoms with E-state index in [0.29, 0.717) is 36.0 Å². The van der Waals surface area contributed by atoms with Crippen LogP contribution in [0.4, 0.5) is 10.1 Å². The molecule has 0 saturated carbocycles. The zero-order valence-corrected chi connectivity index (χ0v) is 26.3. The smallest absolute Gasteiger partial charge is 0.273 e. The van der Waals surface area contributed by atoms with E-state index in [2.05, 4.69) is 5.32 Å². The fourth-order valence-electron chi connectivity index (χ4n) is 4.87. The summed E-state index contributed by atoms with van der Waals surface area (Å²) in [6, 6.07) is 41.2. The lowest BCUT2D eigenvalue weighted by molar-refractivity contribution is -0.111. The molecule has 1 aromatic heterocycles. The first-order chi connectivity index (χ1) is 23.5. The van der Waals surface area contributed by atoms with Crippen molar-refractivity contribution in [1.29, 1.82) is 5.26 Å². The van der Waals surface area contributed by atoms with E-state index in [9.17, 15) is 19.2 Å². The van der Waals surface area contributed by atoms with Gasteiger partial charge in [0.05, 0.1) is 15.9 Å². The number of halogens is 1. The minimum atomic E-state index is -0.836. The lowest BCUT2D eigenvalue weighted by Gasteiger charge is -2.14. The van der Waals surface area contributed by atoms with E-state index in [0.717, 1.165) is 22.5 Å². The number of hydrogen-bond acceptors (Lipinski definition) is 6. The van der Waals surface area contributed by atoms with Crippen LogP contribution in [-0.4, -0.2) is 10.5 Å². The molecule has 0 saturated heterocycles. The van der Waals surface area contributed by atoms with Gasteiger partial charge in [-0.1, -0.05) is 97.1 Å². The third kappa shape index (κ3) is 7.41. The minimum absolute atomic E-state index is 0.0789. The second-order valence-electron chi connectivity index (χ2n) is 10.6. The summed E-state index contributed by atoms with van der Waals surface area (Å²) in [7, 11) is 0. The van der Waals surface area contributed by atoms with Crippen LogP contribution < -0.4 is 29.5 Å². The maximum absolute atomic E-state index is 14.3. The van der Waals surface area contributed by atoms with Gasteiger partial charge in [-0.3, -0.25) is 14.2 Å². The monoisotopic (exact) mass is 653 g/mol. The molecule has 0 aliphatic rings. The van der Waals surface area contributed by atoms with Crippen LogP contribution in [0.1, 0.15) is 16.7 Å². The molecule has 7 nitrogen and oxygen atoms in total. The number of anilines is 1. The fourth-order valence-corrected chi connectivity index (χ4v) is 5.98. The number of hydrogen-bond donors (Lipinski definition) is 1. The summed E-state index contributed by atoms with van der Waals surface area (Å²) < 4.78 is 28.4. The van der Waals surface area contributed by atoms with Gasteiger partial charge in [0.2, 0.25) is 0 Å². The van der Waals surface area contributed by atoms with Crippen molar-refractivity contribution in [3.63, 3.8) is 0 Å². The molecule has 1 amide bonds. The molecule has 236 valence electrons. The van der Waals surface area contributed by atoms with Crippen LogP contribution in [0.3, 0.4) is 0 Å². The van der Waals surface area contributed by atoms with E-state index in [1.54, 1.807) is 60.7 Å². The number of nitrogens with one attached hydrogen (secondary N) is 1. The van der Waals surface area contributed by atoms with Crippen molar-refractivity contribution in [1.82, 2.24) is 4.57 Å². The first-order valence-corrected chi connectivity index (χ1v) is 15.8. The van der Waals surface area contributed by atoms with Crippen molar-refractivity contribution < 1.29 is 18.7 Å². The van der Waals surface area contributed by atoms with E-state index in [4.69, 9.17) is 9.47 Å². The highest BCUT2D eigenvalue weighted by atomic mass is 32.1. The average Bonchev–Trinajstić information content (AvgIpc) is 3.43. The minimum Gasteiger partial charge on any atom is -0.485 e. The molecular weight excluding hydrogens is 626 g/mol. The van der Waals surface area contributed by atoms with E-state index in [-0.39, 0.29) is 20.5 Å². The molecule has 48 heavy (non-hydrogen) atoms. The first-order valence-electron chi connectivity index (χ1n) is 15.0. The molecule has 0 fully saturated rings. The van der Waals surface area contributed by atoms with Crippen molar-refractivity contribution in [2.75, 3.05) is 5.32 Å². The molecule has 0 atom stereocenters. The predicted molar refractivity (Wildman–Crippen MR) is 185 cm³/mol. The summed E-state index contributed by atoms with van der Waals surface area (Å²) in [6.07, 6.45) is 1.68. The number of nitrogens with zero attached hydrogens (tertiary/aromatic N) is 2. The van der Waals surface area contributed by atoms with Crippen LogP contribution in [0.25, 0.3) is 17.3 Å². The van der Waals surface area contributed by atoms with Gasteiger partial charge in [-0.25, -0.2) is 4.39 Å². The molecule has 0 unspecified atom stereocenters. The number of ether oxygens (including phenoxy) is 2. The quantitative estimate of drug-likeness (QED) is 0.186. The Morgan fingerprint density at radius 1 is 0.792 bits per heavy atom. The van der Waals surface area contributed by atoms with Crippen molar-refractivity contribution >= 4 is 34.6 Å². The molecule has 5 aromatic carbocycles. The van der Waals surface area contributed by atoms with Crippen molar-refractivity contribution in [2.24, 2.45) is 0 Å². The Morgan fingerprint density at radius 3 is 2.00 bits per heavy atom. The molecule has 0 aliphatic heterocycles. The number of rotatable bonds is 10. The SMILES string of the molecule is N#C/C(C(=O)Nc1ccccc1F)=c1/s/c(=C/c2ccc(OCc3ccccc3)c(OCc3ccccc3)c2)c(=O)n1-c1ccccc1. The summed E-state index contributed by atoms with van der Waals surface area (Å²) in [5.74, 6) is -0.468. The van der Waals surface area contributed by atoms with Crippen LogP contribution in [0.5, 0.6) is 11.5 Å². The molecular formula is C39H28FN3O4S. The Kier molecular flexibility index (Phi) is 9.85. The van der Waals surface area contributed by atoms with E-state index in [1.807, 2.05) is 66.7 Å². The number of para-hydroxylation sites is 2. The average molecular weight is 654 g/mol. The van der Waals surface area contributed by atoms with E-state index < -0.39 is 17.3 Å². The summed E-state index contributed by atoms with van der Waals surface area (Å²) in [6.45, 7) is 0.636. The summed E-state index contributed by atoms with van der Waals surface area (Å²) in [5, 5.41) is 12.6. The Hall–Kier alpha value is -6.24. The highest BCUT2D eigenvalue weighted by Gasteiger charge is 2.18. The summed E-state index contributed by atoms with van der Waals surface area (Å²) in [4.78, 5) is 27.3. The number of nitriles is 1. The largest absolute Gasteiger partial charge is 0.485 e. The summed E-state index contributed by atoms with van der Waals surface area (Å²) in [5.41, 5.74) is 2.25. The molecule has 9 heteroatoms. The van der Waals surface area contributed by atoms with Gasteiger partial charge >= 0.3 is 0 Å². The van der Waals surface area contributed by atoms with Gasteiger partial charge < -0.3 is 14.8 Å². The Morgan fingerprint density at radius 2 is 1.38 bits per heavy atom. The van der Waals surface area contributed by atoms with Gasteiger partial charge in [0.25, 0.3) is 11.5 Å². The standard InChI is InChI=1S/C39H28FN3O4S/c40-32-18-10-11-19-33(32)42-37(44)31(24-41)39-43(30-16-8-3-9-17-30)38(45)36(48-39)23-29-20-21-34(46-25-27-12-4-1-5-13-27)35(22-29)47-26-28-14-6-2-7-15-28/h1-23H,25-26H2,(H,42,44)/b36-23+,39-31-. The number of carbonyl (C=O) groups is 1. The van der Waals surface area contributed by atoms with Gasteiger partial charge in [0.15, 0.2) is 17.1 Å². The normalized spacial score (nSPS) is 11.8. The number of aromatic nitrogens is 1. The molecule has 0 bridgehead atoms. The Balaban J connectivity index is 1.43.